The molecule has 0 spiro atoms. The maximum Gasteiger partial charge on any atom is 0.163 e. The number of nitrogens with one attached hydrogen (secondary N) is 1. The van der Waals surface area contributed by atoms with Crippen molar-refractivity contribution in [2.75, 3.05) is 0 Å². The minimum atomic E-state index is -1.31. The number of fused-ring (bicyclic) bond motifs is 2. The Morgan fingerprint density at radius 2 is 1.65 bits per heavy atom. The summed E-state index contributed by atoms with van der Waals surface area (Å²) in [6, 6.07) is 4.43. The van der Waals surface area contributed by atoms with Crippen LogP contribution in [0.15, 0.2) is 24.3 Å². The molecule has 7 heteroatoms. The van der Waals surface area contributed by atoms with Crippen molar-refractivity contribution in [3.63, 3.8) is 0 Å². The molecule has 1 aliphatic heterocycles. The Balaban J connectivity index is 1.93. The highest BCUT2D eigenvalue weighted by Gasteiger charge is 2.33. The molecule has 0 radical (unpaired) electrons. The smallest absolute Gasteiger partial charge is 0.163 e. The molecule has 2 unspecified atom stereocenters. The van der Waals surface area contributed by atoms with Crippen LogP contribution in [-0.4, -0.2) is 20.1 Å². The van der Waals surface area contributed by atoms with E-state index in [1.54, 1.807) is 12.1 Å². The summed E-state index contributed by atoms with van der Waals surface area (Å²) >= 11 is 0. The third kappa shape index (κ3) is 2.00. The fraction of sp³-hybridized carbons (Fsp3) is 0.231. The summed E-state index contributed by atoms with van der Waals surface area (Å²) in [5.41, 5.74) is 0.563. The lowest BCUT2D eigenvalue weighted by Crippen LogP contribution is -2.35. The maximum absolute atomic E-state index is 13.6. The number of hydrogen-bond acceptors (Lipinski definition) is 3. The highest BCUT2D eigenvalue weighted by atomic mass is 19.2. The summed E-state index contributed by atoms with van der Waals surface area (Å²) in [6.45, 7) is -0.334. The fourth-order valence-electron chi connectivity index (χ4n) is 2.32. The number of nitrogens with zero attached hydrogens (tertiary/aromatic N) is 1. The Morgan fingerprint density at radius 3 is 2.25 bits per heavy atom. The molecule has 20 heavy (non-hydrogen) atoms. The molecule has 2 aromatic rings. The average molecular weight is 284 g/mol. The van der Waals surface area contributed by atoms with Crippen LogP contribution < -0.4 is 0 Å². The molecular weight excluding hydrogens is 273 g/mol. The number of aromatic amines is 1. The summed E-state index contributed by atoms with van der Waals surface area (Å²) in [7, 11) is 0. The maximum atomic E-state index is 13.6. The van der Waals surface area contributed by atoms with Crippen molar-refractivity contribution < 1.29 is 23.4 Å². The van der Waals surface area contributed by atoms with Crippen LogP contribution in [0.2, 0.25) is 0 Å². The van der Waals surface area contributed by atoms with Crippen molar-refractivity contribution in [1.82, 2.24) is 9.88 Å². The first kappa shape index (κ1) is 13.2. The van der Waals surface area contributed by atoms with E-state index in [1.807, 2.05) is 0 Å². The molecule has 1 aliphatic rings. The average Bonchev–Trinajstić information content (AvgIpc) is 2.85. The molecule has 4 nitrogen and oxygen atoms in total. The normalized spacial score (nSPS) is 22.2. The van der Waals surface area contributed by atoms with E-state index < -0.39 is 29.9 Å². The molecule has 0 saturated heterocycles. The van der Waals surface area contributed by atoms with Gasteiger partial charge in [-0.15, -0.1) is 0 Å². The van der Waals surface area contributed by atoms with Crippen LogP contribution in [0.25, 0.3) is 0 Å². The summed E-state index contributed by atoms with van der Waals surface area (Å²) in [6.07, 6.45) is -2.42. The fourth-order valence-corrected chi connectivity index (χ4v) is 2.32. The van der Waals surface area contributed by atoms with Crippen molar-refractivity contribution >= 4 is 0 Å². The van der Waals surface area contributed by atoms with Crippen LogP contribution in [0.4, 0.5) is 13.2 Å². The first-order valence-corrected chi connectivity index (χ1v) is 5.91. The second-order valence-electron chi connectivity index (χ2n) is 4.65. The van der Waals surface area contributed by atoms with E-state index in [2.05, 4.69) is 4.98 Å². The van der Waals surface area contributed by atoms with E-state index in [1.165, 1.54) is 0 Å². The highest BCUT2D eigenvalue weighted by Crippen LogP contribution is 2.34. The van der Waals surface area contributed by atoms with Gasteiger partial charge in [0.1, 0.15) is 5.82 Å². The Bertz CT molecular complexity index is 635. The second kappa shape index (κ2) is 4.62. The van der Waals surface area contributed by atoms with Gasteiger partial charge in [-0.2, -0.15) is 0 Å². The van der Waals surface area contributed by atoms with Crippen molar-refractivity contribution in [2.24, 2.45) is 0 Å². The molecule has 1 aromatic carbocycles. The zero-order valence-electron chi connectivity index (χ0n) is 10.1. The third-order valence-corrected chi connectivity index (χ3v) is 3.34. The standard InChI is InChI=1S/C13H11F3N2O2/c14-7-3-6(11(16)8(15)4-7)5-18-12(19)9-1-2-10(17-9)13(18)20/h1-4,12-13,17,19-20H,5H2. The number of aliphatic hydroxyl groups is 2. The summed E-state index contributed by atoms with van der Waals surface area (Å²) in [5.74, 6) is -3.42. The van der Waals surface area contributed by atoms with E-state index >= 15 is 0 Å². The van der Waals surface area contributed by atoms with Gasteiger partial charge in [-0.3, -0.25) is 0 Å². The second-order valence-corrected chi connectivity index (χ2v) is 4.65. The van der Waals surface area contributed by atoms with E-state index in [4.69, 9.17) is 0 Å². The lowest BCUT2D eigenvalue weighted by atomic mass is 10.1. The Hall–Kier alpha value is -1.83. The van der Waals surface area contributed by atoms with Gasteiger partial charge in [0, 0.05) is 18.2 Å². The number of benzene rings is 1. The van der Waals surface area contributed by atoms with Gasteiger partial charge in [-0.05, 0) is 18.2 Å². The molecule has 2 bridgehead atoms. The zero-order chi connectivity index (χ0) is 14.4. The molecule has 106 valence electrons. The summed E-state index contributed by atoms with van der Waals surface area (Å²) in [5, 5.41) is 20.0. The van der Waals surface area contributed by atoms with Crippen LogP contribution in [0.3, 0.4) is 0 Å². The van der Waals surface area contributed by atoms with Crippen LogP contribution in [0.1, 0.15) is 29.4 Å². The third-order valence-electron chi connectivity index (χ3n) is 3.34. The van der Waals surface area contributed by atoms with Crippen molar-refractivity contribution in [2.45, 2.75) is 19.0 Å². The molecule has 1 aromatic heterocycles. The van der Waals surface area contributed by atoms with E-state index in [-0.39, 0.29) is 12.1 Å². The van der Waals surface area contributed by atoms with E-state index in [9.17, 15) is 23.4 Å². The summed E-state index contributed by atoms with van der Waals surface area (Å²) < 4.78 is 39.9. The number of hydrogen-bond donors (Lipinski definition) is 3. The van der Waals surface area contributed by atoms with Crippen LogP contribution in [0.5, 0.6) is 0 Å². The van der Waals surface area contributed by atoms with Crippen LogP contribution >= 0.6 is 0 Å². The van der Waals surface area contributed by atoms with Crippen molar-refractivity contribution in [3.05, 3.63) is 58.7 Å². The Morgan fingerprint density at radius 1 is 1.05 bits per heavy atom. The van der Waals surface area contributed by atoms with Crippen molar-refractivity contribution in [3.8, 4) is 0 Å². The SMILES string of the molecule is OC1c2ccc([nH]2)C(O)N1Cc1cc(F)cc(F)c1F. The monoisotopic (exact) mass is 284 g/mol. The Kier molecular flexibility index (Phi) is 3.04. The van der Waals surface area contributed by atoms with Gasteiger partial charge < -0.3 is 15.2 Å². The molecule has 2 atom stereocenters. The number of aliphatic hydroxyl groups excluding tert-OH is 2. The van der Waals surface area contributed by atoms with Gasteiger partial charge in [0.2, 0.25) is 0 Å². The van der Waals surface area contributed by atoms with Gasteiger partial charge >= 0.3 is 0 Å². The van der Waals surface area contributed by atoms with Gasteiger partial charge in [-0.1, -0.05) is 0 Å². The number of rotatable bonds is 2. The van der Waals surface area contributed by atoms with E-state index in [0.29, 0.717) is 17.5 Å². The first-order valence-electron chi connectivity index (χ1n) is 5.91. The molecule has 3 N–H and O–H groups in total. The number of halogens is 3. The van der Waals surface area contributed by atoms with Crippen molar-refractivity contribution in [1.29, 1.82) is 0 Å². The predicted octanol–water partition coefficient (Wildman–Crippen LogP) is 1.93. The molecule has 3 rings (SSSR count). The Labute approximate surface area is 112 Å². The first-order chi connectivity index (χ1) is 9.47. The lowest BCUT2D eigenvalue weighted by molar-refractivity contribution is -0.124. The van der Waals surface area contributed by atoms with E-state index in [0.717, 1.165) is 11.0 Å². The quantitative estimate of drug-likeness (QED) is 0.739. The van der Waals surface area contributed by atoms with Crippen LogP contribution in [-0.2, 0) is 6.54 Å². The summed E-state index contributed by atoms with van der Waals surface area (Å²) in [4.78, 5) is 3.91. The highest BCUT2D eigenvalue weighted by molar-refractivity contribution is 5.24. The topological polar surface area (TPSA) is 59.5 Å². The molecule has 0 fully saturated rings. The zero-order valence-corrected chi connectivity index (χ0v) is 10.1. The molecule has 0 amide bonds. The number of H-pyrrole nitrogens is 1. The largest absolute Gasteiger partial charge is 0.372 e. The van der Waals surface area contributed by atoms with Gasteiger partial charge in [-0.25, -0.2) is 18.1 Å². The van der Waals surface area contributed by atoms with Gasteiger partial charge in [0.05, 0.1) is 11.4 Å². The molecule has 0 saturated carbocycles. The molecule has 0 aliphatic carbocycles. The minimum Gasteiger partial charge on any atom is -0.372 e. The lowest BCUT2D eigenvalue weighted by Gasteiger charge is -2.34. The van der Waals surface area contributed by atoms with Gasteiger partial charge in [0.25, 0.3) is 0 Å². The number of aromatic nitrogens is 1. The van der Waals surface area contributed by atoms with Gasteiger partial charge in [0.15, 0.2) is 24.1 Å². The molecule has 2 heterocycles. The predicted molar refractivity (Wildman–Crippen MR) is 62.6 cm³/mol. The minimum absolute atomic E-state index is 0.275. The molecular formula is C13H11F3N2O2. The van der Waals surface area contributed by atoms with Crippen LogP contribution in [0, 0.1) is 17.5 Å².